The van der Waals surface area contributed by atoms with Gasteiger partial charge >= 0.3 is 0 Å². The van der Waals surface area contributed by atoms with Gasteiger partial charge in [-0.15, -0.1) is 0 Å². The molecule has 0 amide bonds. The topological polar surface area (TPSA) is 0 Å². The Hall–Kier alpha value is -0.780. The molecule has 0 bridgehead atoms. The standard InChI is InChI=1S/C10H16/c1-5-6-10(4)8-7-9(2)3/h5-9H,1H2,2-4H3/b8-7+,10-6+. The Morgan fingerprint density at radius 3 is 2.40 bits per heavy atom. The molecule has 0 heteroatoms. The summed E-state index contributed by atoms with van der Waals surface area (Å²) in [5.74, 6) is 0.633. The van der Waals surface area contributed by atoms with Crippen LogP contribution in [0, 0.1) is 5.92 Å². The van der Waals surface area contributed by atoms with Gasteiger partial charge in [-0.1, -0.05) is 50.3 Å². The van der Waals surface area contributed by atoms with Gasteiger partial charge in [0.05, 0.1) is 0 Å². The first kappa shape index (κ1) is 9.22. The Bertz CT molecular complexity index is 147. The van der Waals surface area contributed by atoms with E-state index < -0.39 is 0 Å². The molecule has 0 atom stereocenters. The lowest BCUT2D eigenvalue weighted by Gasteiger charge is -1.92. The van der Waals surface area contributed by atoms with Crippen LogP contribution < -0.4 is 0 Å². The average molecular weight is 136 g/mol. The molecule has 0 aromatic rings. The fourth-order valence-electron chi connectivity index (χ4n) is 0.586. The third-order valence-corrected chi connectivity index (χ3v) is 1.12. The molecule has 0 nitrogen and oxygen atoms in total. The molecule has 0 heterocycles. The van der Waals surface area contributed by atoms with Crippen LogP contribution in [0.3, 0.4) is 0 Å². The van der Waals surface area contributed by atoms with Crippen molar-refractivity contribution >= 4 is 0 Å². The first-order chi connectivity index (χ1) is 4.66. The second-order valence-electron chi connectivity index (χ2n) is 2.75. The highest BCUT2D eigenvalue weighted by molar-refractivity contribution is 5.20. The maximum absolute atomic E-state index is 3.62. The third-order valence-electron chi connectivity index (χ3n) is 1.12. The zero-order valence-corrected chi connectivity index (χ0v) is 7.09. The molecule has 0 radical (unpaired) electrons. The second-order valence-corrected chi connectivity index (χ2v) is 2.75. The minimum atomic E-state index is 0.633. The van der Waals surface area contributed by atoms with Crippen molar-refractivity contribution in [3.63, 3.8) is 0 Å². The number of hydrogen-bond acceptors (Lipinski definition) is 0. The SMILES string of the molecule is C=C/C=C(C)/C=C/C(C)C. The first-order valence-electron chi connectivity index (χ1n) is 3.64. The van der Waals surface area contributed by atoms with E-state index in [0.717, 1.165) is 0 Å². The van der Waals surface area contributed by atoms with Crippen molar-refractivity contribution < 1.29 is 0 Å². The van der Waals surface area contributed by atoms with Crippen LogP contribution in [0.4, 0.5) is 0 Å². The normalized spacial score (nSPS) is 13.0. The molecule has 56 valence electrons. The number of hydrogen-bond donors (Lipinski definition) is 0. The van der Waals surface area contributed by atoms with E-state index in [1.54, 1.807) is 6.08 Å². The predicted octanol–water partition coefficient (Wildman–Crippen LogP) is 3.33. The van der Waals surface area contributed by atoms with Crippen molar-refractivity contribution in [1.29, 1.82) is 0 Å². The van der Waals surface area contributed by atoms with Crippen molar-refractivity contribution in [2.45, 2.75) is 20.8 Å². The van der Waals surface area contributed by atoms with Gasteiger partial charge in [0.1, 0.15) is 0 Å². The molecule has 0 aromatic heterocycles. The quantitative estimate of drug-likeness (QED) is 0.522. The van der Waals surface area contributed by atoms with Crippen LogP contribution >= 0.6 is 0 Å². The van der Waals surface area contributed by atoms with Crippen LogP contribution in [0.1, 0.15) is 20.8 Å². The number of rotatable bonds is 3. The zero-order valence-electron chi connectivity index (χ0n) is 7.09. The van der Waals surface area contributed by atoms with Gasteiger partial charge in [0.25, 0.3) is 0 Å². The van der Waals surface area contributed by atoms with Crippen LogP contribution in [0.15, 0.2) is 36.5 Å². The summed E-state index contributed by atoms with van der Waals surface area (Å²) < 4.78 is 0. The number of allylic oxidation sites excluding steroid dienone is 5. The van der Waals surface area contributed by atoms with E-state index in [2.05, 4.69) is 39.5 Å². The summed E-state index contributed by atoms with van der Waals surface area (Å²) in [4.78, 5) is 0. The minimum absolute atomic E-state index is 0.633. The molecule has 0 aromatic carbocycles. The highest BCUT2D eigenvalue weighted by Gasteiger charge is 1.82. The van der Waals surface area contributed by atoms with E-state index >= 15 is 0 Å². The van der Waals surface area contributed by atoms with Gasteiger partial charge in [0.2, 0.25) is 0 Å². The molecule has 0 aliphatic carbocycles. The molecule has 0 saturated carbocycles. The van der Waals surface area contributed by atoms with Gasteiger partial charge in [0, 0.05) is 0 Å². The smallest absolute Gasteiger partial charge is 0.0287 e. The highest BCUT2D eigenvalue weighted by Crippen LogP contribution is 1.99. The summed E-state index contributed by atoms with van der Waals surface area (Å²) in [6.45, 7) is 10.0. The van der Waals surface area contributed by atoms with Crippen LogP contribution in [0.5, 0.6) is 0 Å². The van der Waals surface area contributed by atoms with E-state index in [1.165, 1.54) is 5.57 Å². The lowest BCUT2D eigenvalue weighted by molar-refractivity contribution is 0.831. The van der Waals surface area contributed by atoms with E-state index in [9.17, 15) is 0 Å². The molecule has 0 spiro atoms. The molecule has 0 aliphatic rings. The summed E-state index contributed by atoms with van der Waals surface area (Å²) in [5, 5.41) is 0. The molecule has 0 saturated heterocycles. The zero-order chi connectivity index (χ0) is 7.98. The Morgan fingerprint density at radius 2 is 2.00 bits per heavy atom. The summed E-state index contributed by atoms with van der Waals surface area (Å²) in [6, 6.07) is 0. The Labute approximate surface area is 64.0 Å². The maximum Gasteiger partial charge on any atom is -0.0287 e. The minimum Gasteiger partial charge on any atom is -0.0991 e. The molecule has 0 unspecified atom stereocenters. The molecular formula is C10H16. The third kappa shape index (κ3) is 5.36. The average Bonchev–Trinajstić information content (AvgIpc) is 1.85. The monoisotopic (exact) mass is 136 g/mol. The van der Waals surface area contributed by atoms with Gasteiger partial charge in [-0.2, -0.15) is 0 Å². The fourth-order valence-corrected chi connectivity index (χ4v) is 0.586. The largest absolute Gasteiger partial charge is 0.0991 e. The molecule has 0 aliphatic heterocycles. The van der Waals surface area contributed by atoms with Gasteiger partial charge < -0.3 is 0 Å². The van der Waals surface area contributed by atoms with Crippen LogP contribution in [-0.4, -0.2) is 0 Å². The highest BCUT2D eigenvalue weighted by atomic mass is 13.9. The molecule has 0 rings (SSSR count). The Morgan fingerprint density at radius 1 is 1.40 bits per heavy atom. The van der Waals surface area contributed by atoms with Crippen LogP contribution in [0.25, 0.3) is 0 Å². The van der Waals surface area contributed by atoms with Gasteiger partial charge in [-0.25, -0.2) is 0 Å². The summed E-state index contributed by atoms with van der Waals surface area (Å²) in [7, 11) is 0. The Balaban J connectivity index is 3.88. The first-order valence-corrected chi connectivity index (χ1v) is 3.64. The van der Waals surface area contributed by atoms with E-state index in [0.29, 0.717) is 5.92 Å². The van der Waals surface area contributed by atoms with E-state index in [-0.39, 0.29) is 0 Å². The van der Waals surface area contributed by atoms with E-state index in [1.807, 2.05) is 6.08 Å². The van der Waals surface area contributed by atoms with Crippen molar-refractivity contribution in [2.75, 3.05) is 0 Å². The molecule has 0 fully saturated rings. The lowest BCUT2D eigenvalue weighted by atomic mass is 10.1. The second kappa shape index (κ2) is 5.04. The Kier molecular flexibility index (Phi) is 4.65. The maximum atomic E-state index is 3.62. The van der Waals surface area contributed by atoms with Gasteiger partial charge in [-0.05, 0) is 12.8 Å². The predicted molar refractivity (Wildman–Crippen MR) is 47.9 cm³/mol. The fraction of sp³-hybridized carbons (Fsp3) is 0.400. The molecular weight excluding hydrogens is 120 g/mol. The van der Waals surface area contributed by atoms with E-state index in [4.69, 9.17) is 0 Å². The van der Waals surface area contributed by atoms with Crippen LogP contribution in [-0.2, 0) is 0 Å². The van der Waals surface area contributed by atoms with Crippen molar-refractivity contribution in [3.05, 3.63) is 36.5 Å². The van der Waals surface area contributed by atoms with Crippen molar-refractivity contribution in [2.24, 2.45) is 5.92 Å². The summed E-state index contributed by atoms with van der Waals surface area (Å²) >= 11 is 0. The summed E-state index contributed by atoms with van der Waals surface area (Å²) in [5.41, 5.74) is 1.25. The van der Waals surface area contributed by atoms with Gasteiger partial charge in [-0.3, -0.25) is 0 Å². The summed E-state index contributed by atoms with van der Waals surface area (Å²) in [6.07, 6.45) is 8.10. The van der Waals surface area contributed by atoms with Crippen molar-refractivity contribution in [3.8, 4) is 0 Å². The van der Waals surface area contributed by atoms with Crippen LogP contribution in [0.2, 0.25) is 0 Å². The molecule has 0 N–H and O–H groups in total. The van der Waals surface area contributed by atoms with Crippen molar-refractivity contribution in [1.82, 2.24) is 0 Å². The lowest BCUT2D eigenvalue weighted by Crippen LogP contribution is -1.77. The van der Waals surface area contributed by atoms with Gasteiger partial charge in [0.15, 0.2) is 0 Å². The molecule has 10 heavy (non-hydrogen) atoms.